The van der Waals surface area contributed by atoms with Crippen LogP contribution in [0.1, 0.15) is 52.7 Å². The Balaban J connectivity index is 0.00000172. The van der Waals surface area contributed by atoms with Crippen molar-refractivity contribution >= 4 is 11.7 Å². The second-order valence-corrected chi connectivity index (χ2v) is 5.47. The highest BCUT2D eigenvalue weighted by Gasteiger charge is 2.27. The van der Waals surface area contributed by atoms with Crippen LogP contribution in [0, 0.1) is 12.8 Å². The molecule has 1 aromatic rings. The fraction of sp³-hybridized carbons (Fsp3) is 0.529. The quantitative estimate of drug-likeness (QED) is 0.855. The zero-order valence-corrected chi connectivity index (χ0v) is 13.7. The molecule has 0 aliphatic heterocycles. The highest BCUT2D eigenvalue weighted by atomic mass is 16.2. The van der Waals surface area contributed by atoms with Crippen LogP contribution in [-0.4, -0.2) is 11.7 Å². The fourth-order valence-corrected chi connectivity index (χ4v) is 1.71. The Hall–Kier alpha value is -1.64. The molecule has 1 aromatic carbocycles. The molecule has 1 rings (SSSR count). The zero-order chi connectivity index (χ0) is 15.9. The second kappa shape index (κ2) is 7.83. The summed E-state index contributed by atoms with van der Waals surface area (Å²) in [7, 11) is 0. The fourth-order valence-electron chi connectivity index (χ4n) is 1.71. The lowest BCUT2D eigenvalue weighted by Gasteiger charge is -2.27. The summed E-state index contributed by atoms with van der Waals surface area (Å²) in [5.74, 6) is -1.18. The topological polar surface area (TPSA) is 46.2 Å². The van der Waals surface area contributed by atoms with E-state index >= 15 is 0 Å². The van der Waals surface area contributed by atoms with Crippen LogP contribution in [0.25, 0.3) is 0 Å². The standard InChI is InChI=1S/C15H21NO2.C2H6/c1-10(2)13(17)14(18)16-15(4,5)12-8-6-7-11(3)9-12;1-2/h6-10H,1-5H3,(H,16,18);1-2H3. The van der Waals surface area contributed by atoms with E-state index in [2.05, 4.69) is 5.32 Å². The minimum Gasteiger partial charge on any atom is -0.341 e. The summed E-state index contributed by atoms with van der Waals surface area (Å²) in [4.78, 5) is 23.4. The van der Waals surface area contributed by atoms with Crippen LogP contribution in [0.4, 0.5) is 0 Å². The maximum atomic E-state index is 11.8. The van der Waals surface area contributed by atoms with E-state index < -0.39 is 11.4 Å². The maximum Gasteiger partial charge on any atom is 0.288 e. The summed E-state index contributed by atoms with van der Waals surface area (Å²) in [5.41, 5.74) is 1.57. The second-order valence-electron chi connectivity index (χ2n) is 5.47. The van der Waals surface area contributed by atoms with Crippen molar-refractivity contribution < 1.29 is 9.59 Å². The summed E-state index contributed by atoms with van der Waals surface area (Å²) in [5, 5.41) is 2.79. The van der Waals surface area contributed by atoms with Crippen LogP contribution in [0.5, 0.6) is 0 Å². The third-order valence-electron chi connectivity index (χ3n) is 2.91. The first kappa shape index (κ1) is 18.4. The van der Waals surface area contributed by atoms with E-state index in [0.717, 1.165) is 11.1 Å². The van der Waals surface area contributed by atoms with Crippen molar-refractivity contribution in [3.63, 3.8) is 0 Å². The molecule has 0 saturated heterocycles. The summed E-state index contributed by atoms with van der Waals surface area (Å²) in [6.45, 7) is 13.2. The SMILES string of the molecule is CC.Cc1cccc(C(C)(C)NC(=O)C(=O)C(C)C)c1. The number of amides is 1. The van der Waals surface area contributed by atoms with Gasteiger partial charge in [-0.05, 0) is 26.3 Å². The van der Waals surface area contributed by atoms with Crippen LogP contribution >= 0.6 is 0 Å². The third kappa shape index (κ3) is 5.16. The first-order chi connectivity index (χ1) is 9.24. The van der Waals surface area contributed by atoms with E-state index in [4.69, 9.17) is 0 Å². The number of rotatable bonds is 4. The number of Topliss-reactive ketones (excluding diaryl/α,β-unsaturated/α-hetero) is 1. The van der Waals surface area contributed by atoms with E-state index in [1.165, 1.54) is 0 Å². The van der Waals surface area contributed by atoms with E-state index in [0.29, 0.717) is 0 Å². The predicted octanol–water partition coefficient (Wildman–Crippen LogP) is 3.60. The Labute approximate surface area is 122 Å². The molecule has 20 heavy (non-hydrogen) atoms. The van der Waals surface area contributed by atoms with Gasteiger partial charge in [-0.25, -0.2) is 0 Å². The highest BCUT2D eigenvalue weighted by molar-refractivity contribution is 6.36. The predicted molar refractivity (Wildman–Crippen MR) is 83.5 cm³/mol. The Bertz CT molecular complexity index is 462. The van der Waals surface area contributed by atoms with Gasteiger partial charge in [0.1, 0.15) is 0 Å². The molecule has 0 aromatic heterocycles. The number of carbonyl (C=O) groups excluding carboxylic acids is 2. The van der Waals surface area contributed by atoms with Crippen molar-refractivity contribution in [2.24, 2.45) is 5.92 Å². The molecule has 1 N–H and O–H groups in total. The molecule has 0 atom stereocenters. The van der Waals surface area contributed by atoms with Gasteiger partial charge in [-0.3, -0.25) is 9.59 Å². The monoisotopic (exact) mass is 277 g/mol. The number of hydrogen-bond acceptors (Lipinski definition) is 2. The molecule has 112 valence electrons. The van der Waals surface area contributed by atoms with Crippen molar-refractivity contribution in [3.05, 3.63) is 35.4 Å². The minimum absolute atomic E-state index is 0.279. The highest BCUT2D eigenvalue weighted by Crippen LogP contribution is 2.21. The molecule has 3 heteroatoms. The van der Waals surface area contributed by atoms with Crippen molar-refractivity contribution in [3.8, 4) is 0 Å². The molecule has 3 nitrogen and oxygen atoms in total. The Morgan fingerprint density at radius 1 is 1.15 bits per heavy atom. The lowest BCUT2D eigenvalue weighted by molar-refractivity contribution is -0.140. The number of ketones is 1. The molecule has 0 aliphatic rings. The Morgan fingerprint density at radius 2 is 1.70 bits per heavy atom. The van der Waals surface area contributed by atoms with Crippen LogP contribution in [0.2, 0.25) is 0 Å². The molecule has 0 radical (unpaired) electrons. The number of benzene rings is 1. The van der Waals surface area contributed by atoms with Crippen LogP contribution < -0.4 is 5.32 Å². The average molecular weight is 277 g/mol. The van der Waals surface area contributed by atoms with Crippen LogP contribution in [-0.2, 0) is 15.1 Å². The smallest absolute Gasteiger partial charge is 0.288 e. The molecule has 0 bridgehead atoms. The number of carbonyl (C=O) groups is 2. The molecular formula is C17H27NO2. The summed E-state index contributed by atoms with van der Waals surface area (Å²) >= 11 is 0. The van der Waals surface area contributed by atoms with Crippen LogP contribution in [0.3, 0.4) is 0 Å². The summed E-state index contributed by atoms with van der Waals surface area (Å²) in [6.07, 6.45) is 0. The Kier molecular flexibility index (Phi) is 7.19. The van der Waals surface area contributed by atoms with E-state index in [1.54, 1.807) is 13.8 Å². The molecule has 0 fully saturated rings. The van der Waals surface area contributed by atoms with Crippen molar-refractivity contribution in [1.82, 2.24) is 5.32 Å². The molecule has 0 heterocycles. The molecule has 0 aliphatic carbocycles. The van der Waals surface area contributed by atoms with Gasteiger partial charge in [-0.2, -0.15) is 0 Å². The van der Waals surface area contributed by atoms with E-state index in [9.17, 15) is 9.59 Å². The van der Waals surface area contributed by atoms with Gasteiger partial charge >= 0.3 is 0 Å². The van der Waals surface area contributed by atoms with E-state index in [-0.39, 0.29) is 11.7 Å². The average Bonchev–Trinajstić information content (AvgIpc) is 2.39. The zero-order valence-electron chi connectivity index (χ0n) is 13.7. The molecule has 0 spiro atoms. The molecular weight excluding hydrogens is 250 g/mol. The summed E-state index contributed by atoms with van der Waals surface area (Å²) < 4.78 is 0. The lowest BCUT2D eigenvalue weighted by atomic mass is 9.92. The first-order valence-electron chi connectivity index (χ1n) is 7.17. The third-order valence-corrected chi connectivity index (χ3v) is 2.91. The first-order valence-corrected chi connectivity index (χ1v) is 7.17. The number of hydrogen-bond donors (Lipinski definition) is 1. The largest absolute Gasteiger partial charge is 0.341 e. The minimum atomic E-state index is -0.548. The van der Waals surface area contributed by atoms with Gasteiger partial charge in [-0.1, -0.05) is 57.5 Å². The molecule has 0 saturated carbocycles. The van der Waals surface area contributed by atoms with E-state index in [1.807, 2.05) is 58.9 Å². The molecule has 1 amide bonds. The maximum absolute atomic E-state index is 11.8. The van der Waals surface area contributed by atoms with Crippen molar-refractivity contribution in [2.75, 3.05) is 0 Å². The number of nitrogens with one attached hydrogen (secondary N) is 1. The van der Waals surface area contributed by atoms with Crippen molar-refractivity contribution in [1.29, 1.82) is 0 Å². The Morgan fingerprint density at radius 3 is 2.15 bits per heavy atom. The number of aryl methyl sites for hydroxylation is 1. The van der Waals surface area contributed by atoms with Gasteiger partial charge in [0, 0.05) is 5.92 Å². The van der Waals surface area contributed by atoms with Crippen molar-refractivity contribution in [2.45, 2.75) is 54.0 Å². The summed E-state index contributed by atoms with van der Waals surface area (Å²) in [6, 6.07) is 7.91. The van der Waals surface area contributed by atoms with Gasteiger partial charge in [0.25, 0.3) is 5.91 Å². The van der Waals surface area contributed by atoms with Crippen LogP contribution in [0.15, 0.2) is 24.3 Å². The van der Waals surface area contributed by atoms with Gasteiger partial charge < -0.3 is 5.32 Å². The lowest BCUT2D eigenvalue weighted by Crippen LogP contribution is -2.45. The van der Waals surface area contributed by atoms with Gasteiger partial charge in [-0.15, -0.1) is 0 Å². The molecule has 0 unspecified atom stereocenters. The normalized spacial score (nSPS) is 10.6. The van der Waals surface area contributed by atoms with Gasteiger partial charge in [0.15, 0.2) is 0 Å². The van der Waals surface area contributed by atoms with Gasteiger partial charge in [0.05, 0.1) is 5.54 Å². The van der Waals surface area contributed by atoms with Gasteiger partial charge in [0.2, 0.25) is 5.78 Å².